The molecule has 2 fully saturated rings. The monoisotopic (exact) mass is 584 g/mol. The van der Waals surface area contributed by atoms with Crippen molar-refractivity contribution in [1.29, 1.82) is 0 Å². The van der Waals surface area contributed by atoms with Gasteiger partial charge in [0.15, 0.2) is 0 Å². The van der Waals surface area contributed by atoms with Gasteiger partial charge in [0.05, 0.1) is 18.7 Å². The zero-order chi connectivity index (χ0) is 29.6. The third kappa shape index (κ3) is 6.85. The first kappa shape index (κ1) is 28.8. The minimum atomic E-state index is -0.895. The van der Waals surface area contributed by atoms with Crippen molar-refractivity contribution in [2.75, 3.05) is 31.2 Å². The molecule has 0 unspecified atom stereocenters. The third-order valence-electron chi connectivity index (χ3n) is 8.39. The number of nitrogens with one attached hydrogen (secondary N) is 1. The molecule has 2 aliphatic rings. The second kappa shape index (κ2) is 13.3. The molecule has 1 aromatic heterocycles. The lowest BCUT2D eigenvalue weighted by Gasteiger charge is -2.34. The Morgan fingerprint density at radius 3 is 2.42 bits per heavy atom. The molecule has 9 nitrogen and oxygen atoms in total. The summed E-state index contributed by atoms with van der Waals surface area (Å²) in [7, 11) is 0. The average Bonchev–Trinajstić information content (AvgIpc) is 3.45. The molecule has 4 aromatic rings. The summed E-state index contributed by atoms with van der Waals surface area (Å²) in [5.41, 5.74) is 3.90. The summed E-state index contributed by atoms with van der Waals surface area (Å²) in [5.74, 6) is -0.869. The highest BCUT2D eigenvalue weighted by Gasteiger charge is 2.33. The highest BCUT2D eigenvalue weighted by molar-refractivity contribution is 5.89. The van der Waals surface area contributed by atoms with Crippen molar-refractivity contribution < 1.29 is 18.7 Å². The van der Waals surface area contributed by atoms with Gasteiger partial charge < -0.3 is 19.9 Å². The van der Waals surface area contributed by atoms with Gasteiger partial charge in [-0.3, -0.25) is 9.59 Å². The van der Waals surface area contributed by atoms with E-state index in [-0.39, 0.29) is 36.8 Å². The number of amides is 2. The van der Waals surface area contributed by atoms with E-state index in [1.54, 1.807) is 21.7 Å². The fourth-order valence-corrected chi connectivity index (χ4v) is 6.05. The van der Waals surface area contributed by atoms with E-state index in [0.29, 0.717) is 24.3 Å². The number of hydrogen-bond acceptors (Lipinski definition) is 6. The van der Waals surface area contributed by atoms with Crippen LogP contribution in [0.15, 0.2) is 72.8 Å². The minimum absolute atomic E-state index is 0.0680. The van der Waals surface area contributed by atoms with Crippen LogP contribution in [0.3, 0.4) is 0 Å². The number of hydrogen-bond donors (Lipinski definition) is 1. The number of ether oxygens (including phenoxy) is 1. The van der Waals surface area contributed by atoms with Crippen LogP contribution in [-0.4, -0.2) is 64.1 Å². The van der Waals surface area contributed by atoms with Crippen LogP contribution in [0, 0.1) is 5.82 Å². The lowest BCUT2D eigenvalue weighted by Crippen LogP contribution is -2.47. The molecule has 1 aliphatic carbocycles. The van der Waals surface area contributed by atoms with E-state index in [2.05, 4.69) is 20.5 Å². The number of aromatic nitrogens is 3. The van der Waals surface area contributed by atoms with Gasteiger partial charge in [-0.25, -0.2) is 9.07 Å². The Morgan fingerprint density at radius 2 is 1.67 bits per heavy atom. The largest absolute Gasteiger partial charge is 0.378 e. The van der Waals surface area contributed by atoms with Crippen LogP contribution in [0.25, 0.3) is 11.0 Å². The maximum absolute atomic E-state index is 14.2. The van der Waals surface area contributed by atoms with Crippen LogP contribution in [0.5, 0.6) is 0 Å². The van der Waals surface area contributed by atoms with Crippen LogP contribution < -0.4 is 10.2 Å². The number of nitrogens with zero attached hydrogens (tertiary/aromatic N) is 5. The summed E-state index contributed by atoms with van der Waals surface area (Å²) in [5, 5.41) is 11.7. The Hall–Kier alpha value is -4.31. The molecule has 0 radical (unpaired) electrons. The number of para-hydroxylation sites is 1. The molecule has 2 amide bonds. The van der Waals surface area contributed by atoms with Crippen LogP contribution in [0.2, 0.25) is 0 Å². The van der Waals surface area contributed by atoms with Crippen molar-refractivity contribution in [3.8, 4) is 0 Å². The summed E-state index contributed by atoms with van der Waals surface area (Å²) in [6, 6.07) is 20.6. The first-order chi connectivity index (χ1) is 21.0. The van der Waals surface area contributed by atoms with Crippen LogP contribution in [0.1, 0.15) is 49.3 Å². The van der Waals surface area contributed by atoms with Gasteiger partial charge >= 0.3 is 0 Å². The molecule has 1 atom stereocenters. The molecule has 3 aromatic carbocycles. The van der Waals surface area contributed by atoms with Crippen LogP contribution in [0.4, 0.5) is 10.1 Å². The van der Waals surface area contributed by atoms with Gasteiger partial charge in [0.25, 0.3) is 0 Å². The van der Waals surface area contributed by atoms with Gasteiger partial charge in [0.2, 0.25) is 11.8 Å². The summed E-state index contributed by atoms with van der Waals surface area (Å²) < 4.78 is 20.9. The SMILES string of the molecule is O=C(NC1CCCCC1)[C@H](c1ccc(N2CCOCC2)cc1)N(Cc1ccc(F)cc1)C(=O)Cn1nnc2ccccc21. The number of fused-ring (bicyclic) bond motifs is 1. The van der Waals surface area contributed by atoms with Gasteiger partial charge in [-0.15, -0.1) is 5.10 Å². The van der Waals surface area contributed by atoms with Crippen molar-refractivity contribution in [1.82, 2.24) is 25.2 Å². The van der Waals surface area contributed by atoms with Gasteiger partial charge in [0, 0.05) is 31.4 Å². The predicted octanol–water partition coefficient (Wildman–Crippen LogP) is 4.63. The summed E-state index contributed by atoms with van der Waals surface area (Å²) in [6.07, 6.45) is 5.15. The number of morpholine rings is 1. The van der Waals surface area contributed by atoms with Crippen molar-refractivity contribution in [3.05, 3.63) is 89.7 Å². The number of rotatable bonds is 9. The molecule has 1 aliphatic heterocycles. The molecule has 2 heterocycles. The highest BCUT2D eigenvalue weighted by atomic mass is 19.1. The lowest BCUT2D eigenvalue weighted by atomic mass is 9.94. The van der Waals surface area contributed by atoms with Gasteiger partial charge in [0.1, 0.15) is 23.9 Å². The smallest absolute Gasteiger partial charge is 0.247 e. The molecule has 0 spiro atoms. The maximum atomic E-state index is 14.2. The van der Waals surface area contributed by atoms with Gasteiger partial charge in [-0.2, -0.15) is 0 Å². The molecule has 1 saturated heterocycles. The first-order valence-corrected chi connectivity index (χ1v) is 15.1. The molecule has 224 valence electrons. The maximum Gasteiger partial charge on any atom is 0.247 e. The van der Waals surface area contributed by atoms with E-state index in [1.807, 2.05) is 48.5 Å². The summed E-state index contributed by atoms with van der Waals surface area (Å²) in [4.78, 5) is 32.2. The van der Waals surface area contributed by atoms with Crippen molar-refractivity contribution >= 4 is 28.5 Å². The molecular weight excluding hydrogens is 547 g/mol. The Kier molecular flexibility index (Phi) is 8.93. The molecule has 6 rings (SSSR count). The van der Waals surface area contributed by atoms with Crippen molar-refractivity contribution in [3.63, 3.8) is 0 Å². The van der Waals surface area contributed by atoms with E-state index in [0.717, 1.165) is 55.5 Å². The fraction of sp³-hybridized carbons (Fsp3) is 0.394. The van der Waals surface area contributed by atoms with Crippen molar-refractivity contribution in [2.45, 2.75) is 57.3 Å². The van der Waals surface area contributed by atoms with E-state index < -0.39 is 6.04 Å². The van der Waals surface area contributed by atoms with E-state index in [9.17, 15) is 14.0 Å². The van der Waals surface area contributed by atoms with E-state index in [1.165, 1.54) is 18.6 Å². The zero-order valence-electron chi connectivity index (χ0n) is 24.2. The van der Waals surface area contributed by atoms with E-state index in [4.69, 9.17) is 4.74 Å². The average molecular weight is 585 g/mol. The number of carbonyl (C=O) groups is 2. The second-order valence-corrected chi connectivity index (χ2v) is 11.3. The topological polar surface area (TPSA) is 92.6 Å². The quantitative estimate of drug-likeness (QED) is 0.309. The summed E-state index contributed by atoms with van der Waals surface area (Å²) in [6.45, 7) is 2.97. The molecule has 0 bridgehead atoms. The minimum Gasteiger partial charge on any atom is -0.378 e. The molecule has 1 saturated carbocycles. The number of halogens is 1. The fourth-order valence-electron chi connectivity index (χ4n) is 6.05. The Labute approximate surface area is 250 Å². The van der Waals surface area contributed by atoms with Gasteiger partial charge in [-0.1, -0.05) is 60.9 Å². The Morgan fingerprint density at radius 1 is 0.953 bits per heavy atom. The highest BCUT2D eigenvalue weighted by Crippen LogP contribution is 2.29. The predicted molar refractivity (Wildman–Crippen MR) is 162 cm³/mol. The molecule has 10 heteroatoms. The standard InChI is InChI=1S/C33H37FN6O3/c34-26-14-10-24(11-15-26)22-39(31(41)23-40-30-9-5-4-8-29(30)36-37-40)32(33(42)35-27-6-2-1-3-7-27)25-12-16-28(17-13-25)38-18-20-43-21-19-38/h4-5,8-17,27,32H,1-3,6-7,18-23H2,(H,35,42)/t32-/m0/s1. The zero-order valence-corrected chi connectivity index (χ0v) is 24.2. The molecular formula is C33H37FN6O3. The lowest BCUT2D eigenvalue weighted by molar-refractivity contribution is -0.142. The second-order valence-electron chi connectivity index (χ2n) is 11.3. The van der Waals surface area contributed by atoms with Crippen LogP contribution in [-0.2, 0) is 27.4 Å². The molecule has 43 heavy (non-hydrogen) atoms. The van der Waals surface area contributed by atoms with E-state index >= 15 is 0 Å². The number of benzene rings is 3. The van der Waals surface area contributed by atoms with Crippen molar-refractivity contribution in [2.24, 2.45) is 0 Å². The van der Waals surface area contributed by atoms with Crippen LogP contribution >= 0.6 is 0 Å². The third-order valence-corrected chi connectivity index (χ3v) is 8.39. The number of anilines is 1. The summed E-state index contributed by atoms with van der Waals surface area (Å²) >= 11 is 0. The molecule has 1 N–H and O–H groups in total. The normalized spacial score (nSPS) is 16.6. The Balaban J connectivity index is 1.35. The first-order valence-electron chi connectivity index (χ1n) is 15.1. The Bertz CT molecular complexity index is 1530. The van der Waals surface area contributed by atoms with Gasteiger partial charge in [-0.05, 0) is 60.4 Å². The number of carbonyl (C=O) groups excluding carboxylic acids is 2.